The second-order valence-electron chi connectivity index (χ2n) is 6.00. The summed E-state index contributed by atoms with van der Waals surface area (Å²) < 4.78 is 0. The molecule has 1 N–H and O–H groups in total. The number of carbonyl (C=O) groups is 1. The average molecular weight is 304 g/mol. The highest BCUT2D eigenvalue weighted by Gasteiger charge is 2.31. The van der Waals surface area contributed by atoms with Gasteiger partial charge in [-0.2, -0.15) is 0 Å². The molecule has 2 saturated carbocycles. The maximum absolute atomic E-state index is 12.2. The molecule has 0 radical (unpaired) electrons. The van der Waals surface area contributed by atoms with Crippen LogP contribution in [-0.4, -0.2) is 35.2 Å². The molecule has 1 aromatic rings. The maximum atomic E-state index is 12.2. The molecular weight excluding hydrogens is 280 g/mol. The van der Waals surface area contributed by atoms with E-state index in [1.54, 1.807) is 11.8 Å². The average Bonchev–Trinajstić information content (AvgIpc) is 3.37. The van der Waals surface area contributed by atoms with Gasteiger partial charge in [0, 0.05) is 30.1 Å². The van der Waals surface area contributed by atoms with Gasteiger partial charge >= 0.3 is 0 Å². The highest BCUT2D eigenvalue weighted by atomic mass is 32.2. The van der Waals surface area contributed by atoms with Crippen molar-refractivity contribution in [3.63, 3.8) is 0 Å². The van der Waals surface area contributed by atoms with Crippen LogP contribution in [0.4, 0.5) is 0 Å². The number of rotatable bonds is 8. The smallest absolute Gasteiger partial charge is 0.233 e. The number of benzene rings is 1. The van der Waals surface area contributed by atoms with Crippen LogP contribution >= 0.6 is 11.8 Å². The van der Waals surface area contributed by atoms with Gasteiger partial charge in [-0.15, -0.1) is 11.8 Å². The van der Waals surface area contributed by atoms with E-state index in [4.69, 9.17) is 0 Å². The molecule has 3 nitrogen and oxygen atoms in total. The number of nitrogens with zero attached hydrogens (tertiary/aromatic N) is 1. The molecule has 0 aromatic heterocycles. The van der Waals surface area contributed by atoms with Crippen molar-refractivity contribution in [2.24, 2.45) is 0 Å². The summed E-state index contributed by atoms with van der Waals surface area (Å²) in [7, 11) is 0. The molecule has 2 aliphatic carbocycles. The first-order valence-corrected chi connectivity index (χ1v) is 8.99. The van der Waals surface area contributed by atoms with Crippen LogP contribution in [-0.2, 0) is 11.3 Å². The third-order valence-corrected chi connectivity index (χ3v) is 5.06. The monoisotopic (exact) mass is 304 g/mol. The largest absolute Gasteiger partial charge is 0.339 e. The van der Waals surface area contributed by atoms with Crippen LogP contribution in [0.2, 0.25) is 0 Å². The van der Waals surface area contributed by atoms with Gasteiger partial charge in [0.05, 0.1) is 5.75 Å². The molecule has 1 aromatic carbocycles. The van der Waals surface area contributed by atoms with Crippen molar-refractivity contribution < 1.29 is 4.79 Å². The molecule has 0 bridgehead atoms. The molecule has 0 saturated heterocycles. The Bertz CT molecular complexity index is 497. The Balaban J connectivity index is 1.49. The summed E-state index contributed by atoms with van der Waals surface area (Å²) >= 11 is 1.66. The van der Waals surface area contributed by atoms with E-state index >= 15 is 0 Å². The third-order valence-electron chi connectivity index (χ3n) is 4.08. The molecule has 0 spiro atoms. The van der Waals surface area contributed by atoms with Gasteiger partial charge in [-0.25, -0.2) is 0 Å². The van der Waals surface area contributed by atoms with Crippen LogP contribution in [0.25, 0.3) is 0 Å². The Morgan fingerprint density at radius 3 is 2.81 bits per heavy atom. The van der Waals surface area contributed by atoms with Crippen LogP contribution in [0, 0.1) is 0 Å². The predicted molar refractivity (Wildman–Crippen MR) is 87.4 cm³/mol. The quantitative estimate of drug-likeness (QED) is 0.749. The summed E-state index contributed by atoms with van der Waals surface area (Å²) in [6.45, 7) is 3.86. The first kappa shape index (κ1) is 14.9. The van der Waals surface area contributed by atoms with Crippen LogP contribution in [0.15, 0.2) is 29.2 Å². The zero-order valence-electron chi connectivity index (χ0n) is 12.7. The van der Waals surface area contributed by atoms with Crippen molar-refractivity contribution in [3.8, 4) is 0 Å². The van der Waals surface area contributed by atoms with Crippen molar-refractivity contribution in [2.75, 3.05) is 12.3 Å². The van der Waals surface area contributed by atoms with Crippen molar-refractivity contribution >= 4 is 17.7 Å². The summed E-state index contributed by atoms with van der Waals surface area (Å²) in [6.07, 6.45) is 5.01. The molecule has 0 unspecified atom stereocenters. The topological polar surface area (TPSA) is 32.3 Å². The zero-order chi connectivity index (χ0) is 14.7. The molecule has 0 heterocycles. The molecule has 21 heavy (non-hydrogen) atoms. The lowest BCUT2D eigenvalue weighted by atomic mass is 10.2. The Kier molecular flexibility index (Phi) is 4.86. The maximum Gasteiger partial charge on any atom is 0.233 e. The number of thioether (sulfide) groups is 1. The minimum atomic E-state index is 0.284. The molecule has 114 valence electrons. The van der Waals surface area contributed by atoms with E-state index in [-0.39, 0.29) is 5.91 Å². The fourth-order valence-electron chi connectivity index (χ4n) is 2.55. The van der Waals surface area contributed by atoms with Crippen molar-refractivity contribution in [3.05, 3.63) is 29.8 Å². The number of nitrogens with one attached hydrogen (secondary N) is 1. The highest BCUT2D eigenvalue weighted by molar-refractivity contribution is 8.00. The summed E-state index contributed by atoms with van der Waals surface area (Å²) in [4.78, 5) is 15.5. The number of carbonyl (C=O) groups excluding carboxylic acids is 1. The number of hydrogen-bond acceptors (Lipinski definition) is 3. The Morgan fingerprint density at radius 1 is 1.33 bits per heavy atom. The molecule has 0 atom stereocenters. The van der Waals surface area contributed by atoms with Gasteiger partial charge < -0.3 is 10.2 Å². The fourth-order valence-corrected chi connectivity index (χ4v) is 3.41. The number of hydrogen-bond donors (Lipinski definition) is 1. The molecule has 3 rings (SSSR count). The lowest BCUT2D eigenvalue weighted by molar-refractivity contribution is -0.128. The SMILES string of the molecule is CCN(C(=O)CSc1cccc(CNC2CC2)c1)C1CC1. The minimum Gasteiger partial charge on any atom is -0.339 e. The van der Waals surface area contributed by atoms with Gasteiger partial charge in [-0.1, -0.05) is 12.1 Å². The second-order valence-corrected chi connectivity index (χ2v) is 7.05. The predicted octanol–water partition coefficient (Wildman–Crippen LogP) is 3.04. The zero-order valence-corrected chi connectivity index (χ0v) is 13.5. The van der Waals surface area contributed by atoms with E-state index in [1.807, 2.05) is 4.90 Å². The van der Waals surface area contributed by atoms with Crippen molar-refractivity contribution in [2.45, 2.75) is 56.1 Å². The second kappa shape index (κ2) is 6.84. The van der Waals surface area contributed by atoms with Gasteiger partial charge in [-0.3, -0.25) is 4.79 Å². The van der Waals surface area contributed by atoms with E-state index in [2.05, 4.69) is 36.5 Å². The molecule has 2 aliphatic rings. The van der Waals surface area contributed by atoms with Gasteiger partial charge in [0.25, 0.3) is 0 Å². The van der Waals surface area contributed by atoms with Crippen LogP contribution in [0.5, 0.6) is 0 Å². The van der Waals surface area contributed by atoms with Gasteiger partial charge in [-0.05, 0) is 50.3 Å². The summed E-state index contributed by atoms with van der Waals surface area (Å²) in [5.41, 5.74) is 1.31. The van der Waals surface area contributed by atoms with Crippen LogP contribution in [0.3, 0.4) is 0 Å². The normalized spacial score (nSPS) is 17.8. The standard InChI is InChI=1S/C17H24N2OS/c1-2-19(15-8-9-15)17(20)12-21-16-5-3-4-13(10-16)11-18-14-6-7-14/h3-5,10,14-15,18H,2,6-9,11-12H2,1H3. The molecule has 1 amide bonds. The molecule has 0 aliphatic heterocycles. The Hall–Kier alpha value is -1.00. The van der Waals surface area contributed by atoms with Gasteiger partial charge in [0.1, 0.15) is 0 Å². The number of amides is 1. The molecular formula is C17H24N2OS. The first-order valence-electron chi connectivity index (χ1n) is 8.01. The van der Waals surface area contributed by atoms with E-state index < -0.39 is 0 Å². The van der Waals surface area contributed by atoms with Gasteiger partial charge in [0.2, 0.25) is 5.91 Å². The fraction of sp³-hybridized carbons (Fsp3) is 0.588. The molecule has 4 heteroatoms. The van der Waals surface area contributed by atoms with Gasteiger partial charge in [0.15, 0.2) is 0 Å². The minimum absolute atomic E-state index is 0.284. The van der Waals surface area contributed by atoms with E-state index in [1.165, 1.54) is 36.1 Å². The van der Waals surface area contributed by atoms with Crippen LogP contribution < -0.4 is 5.32 Å². The van der Waals surface area contributed by atoms with Crippen LogP contribution in [0.1, 0.15) is 38.2 Å². The highest BCUT2D eigenvalue weighted by Crippen LogP contribution is 2.28. The van der Waals surface area contributed by atoms with E-state index in [0.29, 0.717) is 11.8 Å². The Labute approximate surface area is 131 Å². The third kappa shape index (κ3) is 4.48. The van der Waals surface area contributed by atoms with E-state index in [0.717, 1.165) is 19.1 Å². The van der Waals surface area contributed by atoms with Crippen molar-refractivity contribution in [1.29, 1.82) is 0 Å². The van der Waals surface area contributed by atoms with E-state index in [9.17, 15) is 4.79 Å². The summed E-state index contributed by atoms with van der Waals surface area (Å²) in [5, 5.41) is 3.53. The summed E-state index contributed by atoms with van der Waals surface area (Å²) in [5.74, 6) is 0.843. The molecule has 2 fully saturated rings. The van der Waals surface area contributed by atoms with Crippen molar-refractivity contribution in [1.82, 2.24) is 10.2 Å². The Morgan fingerprint density at radius 2 is 2.14 bits per heavy atom. The lowest BCUT2D eigenvalue weighted by Crippen LogP contribution is -2.34. The lowest BCUT2D eigenvalue weighted by Gasteiger charge is -2.20. The summed E-state index contributed by atoms with van der Waals surface area (Å²) in [6, 6.07) is 9.82. The first-order chi connectivity index (χ1) is 10.3.